The summed E-state index contributed by atoms with van der Waals surface area (Å²) in [6.45, 7) is 2.22. The molecule has 1 amide bonds. The van der Waals surface area contributed by atoms with E-state index in [4.69, 9.17) is 4.42 Å². The van der Waals surface area contributed by atoms with E-state index in [1.165, 1.54) is 25.7 Å². The van der Waals surface area contributed by atoms with Crippen molar-refractivity contribution in [1.29, 1.82) is 0 Å². The Hall–Kier alpha value is -0.770. The van der Waals surface area contributed by atoms with E-state index in [0.29, 0.717) is 16.3 Å². The van der Waals surface area contributed by atoms with Crippen molar-refractivity contribution in [2.45, 2.75) is 45.1 Å². The van der Waals surface area contributed by atoms with Crippen LogP contribution in [0.4, 0.5) is 0 Å². The summed E-state index contributed by atoms with van der Waals surface area (Å²) >= 11 is 3.20. The number of hydrogen-bond acceptors (Lipinski definition) is 2. The molecule has 1 aliphatic carbocycles. The summed E-state index contributed by atoms with van der Waals surface area (Å²) < 4.78 is 5.85. The van der Waals surface area contributed by atoms with Gasteiger partial charge in [0.1, 0.15) is 0 Å². The normalized spacial score (nSPS) is 25.3. The number of furan rings is 1. The van der Waals surface area contributed by atoms with E-state index in [0.717, 1.165) is 6.42 Å². The van der Waals surface area contributed by atoms with Crippen molar-refractivity contribution in [1.82, 2.24) is 5.32 Å². The zero-order chi connectivity index (χ0) is 12.3. The van der Waals surface area contributed by atoms with Crippen LogP contribution in [0.25, 0.3) is 0 Å². The molecule has 1 N–H and O–H groups in total. The summed E-state index contributed by atoms with van der Waals surface area (Å²) in [6.07, 6.45) is 6.04. The first-order valence-electron chi connectivity index (χ1n) is 6.23. The van der Waals surface area contributed by atoms with Crippen LogP contribution in [0.1, 0.15) is 49.6 Å². The third-order valence-electron chi connectivity index (χ3n) is 3.47. The number of nitrogens with one attached hydrogen (secondary N) is 1. The maximum Gasteiger partial charge on any atom is 0.287 e. The van der Waals surface area contributed by atoms with Gasteiger partial charge in [0, 0.05) is 6.04 Å². The van der Waals surface area contributed by atoms with Gasteiger partial charge in [0.15, 0.2) is 10.4 Å². The van der Waals surface area contributed by atoms with E-state index >= 15 is 0 Å². The largest absolute Gasteiger partial charge is 0.444 e. The monoisotopic (exact) mass is 299 g/mol. The zero-order valence-electron chi connectivity index (χ0n) is 10.0. The van der Waals surface area contributed by atoms with Crippen molar-refractivity contribution in [3.8, 4) is 0 Å². The van der Waals surface area contributed by atoms with Crippen molar-refractivity contribution in [3.63, 3.8) is 0 Å². The van der Waals surface area contributed by atoms with Crippen LogP contribution >= 0.6 is 15.9 Å². The standard InChI is InChI=1S/C13H18BrNO2/c1-9-5-3-2-4-6-10(9)15-13(16)11-7-8-12(14)17-11/h7-10H,2-6H2,1H3,(H,15,16). The van der Waals surface area contributed by atoms with Crippen LogP contribution in [0.2, 0.25) is 0 Å². The summed E-state index contributed by atoms with van der Waals surface area (Å²) in [6, 6.07) is 3.72. The van der Waals surface area contributed by atoms with Crippen LogP contribution in [0, 0.1) is 5.92 Å². The molecular weight excluding hydrogens is 282 g/mol. The lowest BCUT2D eigenvalue weighted by Crippen LogP contribution is -2.38. The molecule has 1 aromatic rings. The Labute approximate surface area is 110 Å². The SMILES string of the molecule is CC1CCCCCC1NC(=O)c1ccc(Br)o1. The van der Waals surface area contributed by atoms with E-state index < -0.39 is 0 Å². The molecule has 4 heteroatoms. The number of hydrogen-bond donors (Lipinski definition) is 1. The summed E-state index contributed by atoms with van der Waals surface area (Å²) in [7, 11) is 0. The fourth-order valence-corrected chi connectivity index (χ4v) is 2.69. The van der Waals surface area contributed by atoms with Gasteiger partial charge in [0.05, 0.1) is 0 Å². The van der Waals surface area contributed by atoms with Gasteiger partial charge < -0.3 is 9.73 Å². The van der Waals surface area contributed by atoms with Crippen LogP contribution in [-0.4, -0.2) is 11.9 Å². The van der Waals surface area contributed by atoms with E-state index in [1.54, 1.807) is 12.1 Å². The lowest BCUT2D eigenvalue weighted by Gasteiger charge is -2.22. The van der Waals surface area contributed by atoms with E-state index in [2.05, 4.69) is 28.2 Å². The topological polar surface area (TPSA) is 42.2 Å². The van der Waals surface area contributed by atoms with Gasteiger partial charge in [0.2, 0.25) is 0 Å². The number of rotatable bonds is 2. The Morgan fingerprint density at radius 2 is 2.12 bits per heavy atom. The molecule has 1 aliphatic rings. The smallest absolute Gasteiger partial charge is 0.287 e. The summed E-state index contributed by atoms with van der Waals surface area (Å²) in [4.78, 5) is 12.0. The molecule has 2 rings (SSSR count). The second-order valence-corrected chi connectivity index (χ2v) is 5.58. The molecule has 0 aliphatic heterocycles. The predicted octanol–water partition coefficient (Wildman–Crippen LogP) is 3.74. The average molecular weight is 300 g/mol. The minimum absolute atomic E-state index is 0.102. The highest BCUT2D eigenvalue weighted by molar-refractivity contribution is 9.10. The van der Waals surface area contributed by atoms with Gasteiger partial charge in [-0.05, 0) is 46.8 Å². The van der Waals surface area contributed by atoms with Crippen LogP contribution < -0.4 is 5.32 Å². The van der Waals surface area contributed by atoms with Crippen LogP contribution in [-0.2, 0) is 0 Å². The molecule has 1 heterocycles. The third kappa shape index (κ3) is 3.35. The molecule has 3 nitrogen and oxygen atoms in total. The van der Waals surface area contributed by atoms with E-state index in [-0.39, 0.29) is 11.9 Å². The lowest BCUT2D eigenvalue weighted by molar-refractivity contribution is 0.0892. The van der Waals surface area contributed by atoms with Crippen molar-refractivity contribution in [3.05, 3.63) is 22.6 Å². The minimum Gasteiger partial charge on any atom is -0.444 e. The molecule has 0 saturated heterocycles. The molecule has 1 aromatic heterocycles. The highest BCUT2D eigenvalue weighted by Crippen LogP contribution is 2.23. The second-order valence-electron chi connectivity index (χ2n) is 4.80. The summed E-state index contributed by atoms with van der Waals surface area (Å²) in [5.41, 5.74) is 0. The maximum absolute atomic E-state index is 12.0. The number of carbonyl (C=O) groups excluding carboxylic acids is 1. The molecule has 0 aromatic carbocycles. The van der Waals surface area contributed by atoms with Gasteiger partial charge in [-0.3, -0.25) is 4.79 Å². The maximum atomic E-state index is 12.0. The first-order chi connectivity index (χ1) is 8.16. The van der Waals surface area contributed by atoms with Crippen molar-refractivity contribution >= 4 is 21.8 Å². The third-order valence-corrected chi connectivity index (χ3v) is 3.90. The number of carbonyl (C=O) groups is 1. The Morgan fingerprint density at radius 1 is 1.35 bits per heavy atom. The predicted molar refractivity (Wildman–Crippen MR) is 69.9 cm³/mol. The lowest BCUT2D eigenvalue weighted by atomic mass is 9.97. The molecular formula is C13H18BrNO2. The zero-order valence-corrected chi connectivity index (χ0v) is 11.6. The summed E-state index contributed by atoms with van der Waals surface area (Å²) in [5, 5.41) is 3.08. The molecule has 1 saturated carbocycles. The fourth-order valence-electron chi connectivity index (χ4n) is 2.38. The first-order valence-corrected chi connectivity index (χ1v) is 7.02. The molecule has 1 fully saturated rings. The quantitative estimate of drug-likeness (QED) is 0.845. The number of amides is 1. The van der Waals surface area contributed by atoms with Crippen LogP contribution in [0.5, 0.6) is 0 Å². The van der Waals surface area contributed by atoms with Gasteiger partial charge in [-0.1, -0.05) is 26.2 Å². The van der Waals surface area contributed by atoms with Gasteiger partial charge in [-0.15, -0.1) is 0 Å². The van der Waals surface area contributed by atoms with Gasteiger partial charge in [-0.25, -0.2) is 0 Å². The van der Waals surface area contributed by atoms with Gasteiger partial charge in [-0.2, -0.15) is 0 Å². The molecule has 2 atom stereocenters. The molecule has 0 radical (unpaired) electrons. The Kier molecular flexibility index (Phi) is 4.26. The molecule has 0 bridgehead atoms. The average Bonchev–Trinajstić information content (AvgIpc) is 2.63. The van der Waals surface area contributed by atoms with Gasteiger partial charge in [0.25, 0.3) is 5.91 Å². The molecule has 94 valence electrons. The van der Waals surface area contributed by atoms with E-state index in [1.807, 2.05) is 0 Å². The molecule has 2 unspecified atom stereocenters. The van der Waals surface area contributed by atoms with Crippen molar-refractivity contribution < 1.29 is 9.21 Å². The Balaban J connectivity index is 1.97. The van der Waals surface area contributed by atoms with Crippen LogP contribution in [0.3, 0.4) is 0 Å². The van der Waals surface area contributed by atoms with Crippen molar-refractivity contribution in [2.75, 3.05) is 0 Å². The fraction of sp³-hybridized carbons (Fsp3) is 0.615. The second kappa shape index (κ2) is 5.71. The first kappa shape index (κ1) is 12.7. The summed E-state index contributed by atoms with van der Waals surface area (Å²) in [5.74, 6) is 0.836. The van der Waals surface area contributed by atoms with Crippen molar-refractivity contribution in [2.24, 2.45) is 5.92 Å². The molecule has 0 spiro atoms. The van der Waals surface area contributed by atoms with Gasteiger partial charge >= 0.3 is 0 Å². The molecule has 17 heavy (non-hydrogen) atoms. The highest BCUT2D eigenvalue weighted by atomic mass is 79.9. The van der Waals surface area contributed by atoms with E-state index in [9.17, 15) is 4.79 Å². The highest BCUT2D eigenvalue weighted by Gasteiger charge is 2.23. The Morgan fingerprint density at radius 3 is 2.82 bits per heavy atom. The Bertz CT molecular complexity index is 389. The van der Waals surface area contributed by atoms with Crippen LogP contribution in [0.15, 0.2) is 21.2 Å². The minimum atomic E-state index is -0.102. The number of halogens is 1.